The smallest absolute Gasteiger partial charge is 0.308 e. The molecule has 1 atom stereocenters. The maximum atomic E-state index is 11.7. The molecule has 0 saturated heterocycles. The quantitative estimate of drug-likeness (QED) is 0.412. The minimum absolute atomic E-state index is 0.0555. The zero-order valence-electron chi connectivity index (χ0n) is 11.7. The first kappa shape index (κ1) is 16.4. The zero-order chi connectivity index (χ0) is 12.9. The number of esters is 1. The van der Waals surface area contributed by atoms with Crippen LogP contribution in [0, 0.1) is 5.92 Å². The molecule has 0 amide bonds. The molecule has 0 aromatic rings. The third-order valence-electron chi connectivity index (χ3n) is 3.01. The molecule has 0 aliphatic heterocycles. The SMILES string of the molecule is CCCCCCCC(CC)C(=O)OCCOC. The van der Waals surface area contributed by atoms with E-state index in [0.29, 0.717) is 13.2 Å². The lowest BCUT2D eigenvalue weighted by Gasteiger charge is -2.13. The summed E-state index contributed by atoms with van der Waals surface area (Å²) in [7, 11) is 1.61. The van der Waals surface area contributed by atoms with Gasteiger partial charge in [-0.3, -0.25) is 4.79 Å². The van der Waals surface area contributed by atoms with E-state index in [1.807, 2.05) is 6.92 Å². The molecule has 0 spiro atoms. The number of carbonyl (C=O) groups excluding carboxylic acids is 1. The highest BCUT2D eigenvalue weighted by molar-refractivity contribution is 5.72. The average Bonchev–Trinajstić information content (AvgIpc) is 2.34. The van der Waals surface area contributed by atoms with Crippen molar-refractivity contribution in [3.05, 3.63) is 0 Å². The first-order valence-electron chi connectivity index (χ1n) is 6.91. The van der Waals surface area contributed by atoms with Crippen LogP contribution in [0.2, 0.25) is 0 Å². The molecule has 17 heavy (non-hydrogen) atoms. The molecule has 0 saturated carbocycles. The van der Waals surface area contributed by atoms with Gasteiger partial charge in [0.05, 0.1) is 12.5 Å². The van der Waals surface area contributed by atoms with Crippen LogP contribution in [0.3, 0.4) is 0 Å². The highest BCUT2D eigenvalue weighted by Gasteiger charge is 2.17. The molecule has 0 fully saturated rings. The van der Waals surface area contributed by atoms with Crippen LogP contribution in [0.25, 0.3) is 0 Å². The lowest BCUT2D eigenvalue weighted by atomic mass is 9.98. The van der Waals surface area contributed by atoms with Crippen LogP contribution >= 0.6 is 0 Å². The van der Waals surface area contributed by atoms with Crippen molar-refractivity contribution in [2.45, 2.75) is 58.8 Å². The van der Waals surface area contributed by atoms with Gasteiger partial charge in [0.1, 0.15) is 6.61 Å². The fraction of sp³-hybridized carbons (Fsp3) is 0.929. The van der Waals surface area contributed by atoms with Crippen LogP contribution in [0.5, 0.6) is 0 Å². The van der Waals surface area contributed by atoms with Crippen molar-refractivity contribution in [1.29, 1.82) is 0 Å². The number of rotatable bonds is 11. The van der Waals surface area contributed by atoms with Gasteiger partial charge in [0.25, 0.3) is 0 Å². The molecular formula is C14H28O3. The second-order valence-electron chi connectivity index (χ2n) is 4.47. The Labute approximate surface area is 106 Å². The number of carbonyl (C=O) groups is 1. The average molecular weight is 244 g/mol. The second kappa shape index (κ2) is 11.9. The number of methoxy groups -OCH3 is 1. The molecule has 0 heterocycles. The molecule has 0 aromatic heterocycles. The van der Waals surface area contributed by atoms with Crippen molar-refractivity contribution in [2.24, 2.45) is 5.92 Å². The summed E-state index contributed by atoms with van der Waals surface area (Å²) >= 11 is 0. The van der Waals surface area contributed by atoms with Crippen LogP contribution in [0.4, 0.5) is 0 Å². The van der Waals surface area contributed by atoms with Gasteiger partial charge in [-0.25, -0.2) is 0 Å². The van der Waals surface area contributed by atoms with Crippen LogP contribution in [-0.4, -0.2) is 26.3 Å². The minimum Gasteiger partial charge on any atom is -0.463 e. The Morgan fingerprint density at radius 3 is 2.35 bits per heavy atom. The molecule has 3 nitrogen and oxygen atoms in total. The van der Waals surface area contributed by atoms with Crippen LogP contribution in [0.15, 0.2) is 0 Å². The molecule has 102 valence electrons. The van der Waals surface area contributed by atoms with Crippen LogP contribution in [0.1, 0.15) is 58.8 Å². The van der Waals surface area contributed by atoms with Crippen molar-refractivity contribution in [3.63, 3.8) is 0 Å². The fourth-order valence-electron chi connectivity index (χ4n) is 1.83. The second-order valence-corrected chi connectivity index (χ2v) is 4.47. The standard InChI is InChI=1S/C14H28O3/c1-4-6-7-8-9-10-13(5-2)14(15)17-12-11-16-3/h13H,4-12H2,1-3H3. The summed E-state index contributed by atoms with van der Waals surface area (Å²) in [6, 6.07) is 0. The Morgan fingerprint density at radius 1 is 1.06 bits per heavy atom. The predicted molar refractivity (Wildman–Crippen MR) is 70.0 cm³/mol. The summed E-state index contributed by atoms with van der Waals surface area (Å²) in [5.74, 6) is 0.0218. The van der Waals surface area contributed by atoms with Crippen molar-refractivity contribution < 1.29 is 14.3 Å². The van der Waals surface area contributed by atoms with E-state index in [4.69, 9.17) is 9.47 Å². The van der Waals surface area contributed by atoms with E-state index in [1.54, 1.807) is 7.11 Å². The van der Waals surface area contributed by atoms with E-state index >= 15 is 0 Å². The summed E-state index contributed by atoms with van der Waals surface area (Å²) in [6.45, 7) is 5.12. The largest absolute Gasteiger partial charge is 0.463 e. The Kier molecular flexibility index (Phi) is 11.5. The number of unbranched alkanes of at least 4 members (excludes halogenated alkanes) is 4. The third-order valence-corrected chi connectivity index (χ3v) is 3.01. The van der Waals surface area contributed by atoms with Gasteiger partial charge in [-0.05, 0) is 12.8 Å². The normalized spacial score (nSPS) is 12.4. The van der Waals surface area contributed by atoms with Gasteiger partial charge in [-0.15, -0.1) is 0 Å². The molecule has 0 aromatic carbocycles. The monoisotopic (exact) mass is 244 g/mol. The topological polar surface area (TPSA) is 35.5 Å². The van der Waals surface area contributed by atoms with Gasteiger partial charge in [-0.2, -0.15) is 0 Å². The number of hydrogen-bond donors (Lipinski definition) is 0. The van der Waals surface area contributed by atoms with E-state index in [1.165, 1.54) is 25.7 Å². The maximum Gasteiger partial charge on any atom is 0.308 e. The summed E-state index contributed by atoms with van der Waals surface area (Å²) in [5.41, 5.74) is 0. The van der Waals surface area contributed by atoms with Gasteiger partial charge in [-0.1, -0.05) is 46.0 Å². The Hall–Kier alpha value is -0.570. The van der Waals surface area contributed by atoms with Gasteiger partial charge in [0.15, 0.2) is 0 Å². The summed E-state index contributed by atoms with van der Waals surface area (Å²) in [4.78, 5) is 11.7. The maximum absolute atomic E-state index is 11.7. The van der Waals surface area contributed by atoms with E-state index in [9.17, 15) is 4.79 Å². The van der Waals surface area contributed by atoms with Gasteiger partial charge in [0, 0.05) is 7.11 Å². The first-order chi connectivity index (χ1) is 8.26. The first-order valence-corrected chi connectivity index (χ1v) is 6.91. The van der Waals surface area contributed by atoms with Gasteiger partial charge >= 0.3 is 5.97 Å². The van der Waals surface area contributed by atoms with E-state index in [2.05, 4.69) is 6.92 Å². The van der Waals surface area contributed by atoms with E-state index < -0.39 is 0 Å². The number of hydrogen-bond acceptors (Lipinski definition) is 3. The van der Waals surface area contributed by atoms with Gasteiger partial charge in [0.2, 0.25) is 0 Å². The molecule has 1 unspecified atom stereocenters. The molecule has 0 aliphatic rings. The lowest BCUT2D eigenvalue weighted by Crippen LogP contribution is -2.19. The van der Waals surface area contributed by atoms with Crippen molar-refractivity contribution >= 4 is 5.97 Å². The third kappa shape index (κ3) is 9.16. The molecule has 0 N–H and O–H groups in total. The highest BCUT2D eigenvalue weighted by Crippen LogP contribution is 2.16. The van der Waals surface area contributed by atoms with E-state index in [-0.39, 0.29) is 11.9 Å². The molecule has 0 aliphatic carbocycles. The molecule has 0 bridgehead atoms. The van der Waals surface area contributed by atoms with E-state index in [0.717, 1.165) is 19.3 Å². The minimum atomic E-state index is -0.0555. The molecule has 3 heteroatoms. The van der Waals surface area contributed by atoms with Gasteiger partial charge < -0.3 is 9.47 Å². The summed E-state index contributed by atoms with van der Waals surface area (Å²) in [5, 5.41) is 0. The lowest BCUT2D eigenvalue weighted by molar-refractivity contribution is -0.150. The Bertz CT molecular complexity index is 180. The van der Waals surface area contributed by atoms with Crippen molar-refractivity contribution in [1.82, 2.24) is 0 Å². The summed E-state index contributed by atoms with van der Waals surface area (Å²) in [6.07, 6.45) is 8.05. The molecular weight excluding hydrogens is 216 g/mol. The molecule has 0 radical (unpaired) electrons. The zero-order valence-corrected chi connectivity index (χ0v) is 11.7. The van der Waals surface area contributed by atoms with Crippen molar-refractivity contribution in [2.75, 3.05) is 20.3 Å². The number of ether oxygens (including phenoxy) is 2. The predicted octanol–water partition coefficient (Wildman–Crippen LogP) is 3.56. The summed E-state index contributed by atoms with van der Waals surface area (Å²) < 4.78 is 10.0. The van der Waals surface area contributed by atoms with Crippen molar-refractivity contribution in [3.8, 4) is 0 Å². The Balaban J connectivity index is 3.62. The molecule has 0 rings (SSSR count). The fourth-order valence-corrected chi connectivity index (χ4v) is 1.83. The Morgan fingerprint density at radius 2 is 1.76 bits per heavy atom. The van der Waals surface area contributed by atoms with Crippen LogP contribution in [-0.2, 0) is 14.3 Å². The highest BCUT2D eigenvalue weighted by atomic mass is 16.6. The van der Waals surface area contributed by atoms with Crippen LogP contribution < -0.4 is 0 Å².